The van der Waals surface area contributed by atoms with Crippen LogP contribution in [0.5, 0.6) is 5.75 Å². The zero-order chi connectivity index (χ0) is 15.9. The maximum Gasteiger partial charge on any atom is 0.277 e. The van der Waals surface area contributed by atoms with E-state index in [9.17, 15) is 9.18 Å². The summed E-state index contributed by atoms with van der Waals surface area (Å²) in [5.74, 6) is -0.372. The Labute approximate surface area is 132 Å². The average Bonchev–Trinajstić information content (AvgIpc) is 2.48. The number of benzene rings is 2. The summed E-state index contributed by atoms with van der Waals surface area (Å²) >= 11 is 5.83. The minimum atomic E-state index is -0.512. The summed E-state index contributed by atoms with van der Waals surface area (Å²) in [5.41, 5.74) is 3.40. The third kappa shape index (κ3) is 4.56. The van der Waals surface area contributed by atoms with E-state index >= 15 is 0 Å². The number of nitrogens with zero attached hydrogens (tertiary/aromatic N) is 1. The van der Waals surface area contributed by atoms with Gasteiger partial charge in [0, 0.05) is 5.56 Å². The normalized spacial score (nSPS) is 10.7. The number of hydrogen-bond acceptors (Lipinski definition) is 3. The maximum atomic E-state index is 13.5. The maximum absolute atomic E-state index is 13.5. The van der Waals surface area contributed by atoms with E-state index in [-0.39, 0.29) is 17.2 Å². The van der Waals surface area contributed by atoms with Crippen LogP contribution in [0.3, 0.4) is 0 Å². The standard InChI is InChI=1S/C16H14ClFN2O2/c1-11-4-2-5-12(8-11)22-10-16(21)20-19-9-13-14(17)6-3-7-15(13)18/h2-9H,10H2,1H3,(H,20,21)/b19-9+. The van der Waals surface area contributed by atoms with Gasteiger partial charge in [-0.15, -0.1) is 0 Å². The van der Waals surface area contributed by atoms with E-state index in [1.807, 2.05) is 25.1 Å². The monoisotopic (exact) mass is 320 g/mol. The third-order valence-corrected chi connectivity index (χ3v) is 3.07. The average molecular weight is 321 g/mol. The lowest BCUT2D eigenvalue weighted by Gasteiger charge is -2.05. The predicted octanol–water partition coefficient (Wildman–Crippen LogP) is 3.32. The van der Waals surface area contributed by atoms with Crippen LogP contribution < -0.4 is 10.2 Å². The van der Waals surface area contributed by atoms with Gasteiger partial charge >= 0.3 is 0 Å². The molecule has 0 aromatic heterocycles. The fourth-order valence-electron chi connectivity index (χ4n) is 1.69. The molecule has 2 rings (SSSR count). The van der Waals surface area contributed by atoms with Gasteiger partial charge in [-0.2, -0.15) is 5.10 Å². The van der Waals surface area contributed by atoms with Crippen LogP contribution in [0, 0.1) is 12.7 Å². The van der Waals surface area contributed by atoms with Crippen LogP contribution in [-0.2, 0) is 4.79 Å². The second-order valence-corrected chi connectivity index (χ2v) is 4.94. The van der Waals surface area contributed by atoms with Gasteiger partial charge < -0.3 is 4.74 Å². The third-order valence-electron chi connectivity index (χ3n) is 2.74. The van der Waals surface area contributed by atoms with Crippen LogP contribution in [0.2, 0.25) is 5.02 Å². The van der Waals surface area contributed by atoms with Crippen molar-refractivity contribution in [2.75, 3.05) is 6.61 Å². The second kappa shape index (κ2) is 7.56. The second-order valence-electron chi connectivity index (χ2n) is 4.53. The summed E-state index contributed by atoms with van der Waals surface area (Å²) in [6.07, 6.45) is 1.15. The van der Waals surface area contributed by atoms with Crippen molar-refractivity contribution < 1.29 is 13.9 Å². The Morgan fingerprint density at radius 3 is 2.86 bits per heavy atom. The molecule has 0 atom stereocenters. The van der Waals surface area contributed by atoms with Gasteiger partial charge in [0.15, 0.2) is 6.61 Å². The molecule has 0 unspecified atom stereocenters. The van der Waals surface area contributed by atoms with E-state index in [2.05, 4.69) is 10.5 Å². The van der Waals surface area contributed by atoms with Crippen LogP contribution in [0.4, 0.5) is 4.39 Å². The summed E-state index contributed by atoms with van der Waals surface area (Å²) < 4.78 is 18.8. The number of amides is 1. The Balaban J connectivity index is 1.86. The molecule has 0 saturated heterocycles. The van der Waals surface area contributed by atoms with E-state index in [1.54, 1.807) is 6.07 Å². The molecule has 4 nitrogen and oxygen atoms in total. The summed E-state index contributed by atoms with van der Waals surface area (Å²) in [6.45, 7) is 1.74. The van der Waals surface area contributed by atoms with Crippen molar-refractivity contribution in [3.8, 4) is 5.75 Å². The first-order valence-corrected chi connectivity index (χ1v) is 6.89. The van der Waals surface area contributed by atoms with Gasteiger partial charge in [0.1, 0.15) is 11.6 Å². The zero-order valence-electron chi connectivity index (χ0n) is 11.8. The van der Waals surface area contributed by atoms with Gasteiger partial charge in [0.05, 0.1) is 11.2 Å². The number of aryl methyl sites for hydroxylation is 1. The Kier molecular flexibility index (Phi) is 5.49. The van der Waals surface area contributed by atoms with Crippen molar-refractivity contribution >= 4 is 23.7 Å². The first-order valence-electron chi connectivity index (χ1n) is 6.51. The molecular formula is C16H14ClFN2O2. The van der Waals surface area contributed by atoms with Crippen molar-refractivity contribution in [1.82, 2.24) is 5.43 Å². The zero-order valence-corrected chi connectivity index (χ0v) is 12.6. The molecule has 114 valence electrons. The molecule has 0 radical (unpaired) electrons. The highest BCUT2D eigenvalue weighted by Crippen LogP contribution is 2.16. The molecule has 6 heteroatoms. The lowest BCUT2D eigenvalue weighted by Crippen LogP contribution is -2.24. The first kappa shape index (κ1) is 16.0. The van der Waals surface area contributed by atoms with Crippen molar-refractivity contribution in [1.29, 1.82) is 0 Å². The lowest BCUT2D eigenvalue weighted by molar-refractivity contribution is -0.123. The molecule has 0 bridgehead atoms. The predicted molar refractivity (Wildman–Crippen MR) is 83.8 cm³/mol. The number of carbonyl (C=O) groups excluding carboxylic acids is 1. The Morgan fingerprint density at radius 1 is 1.36 bits per heavy atom. The van der Waals surface area contributed by atoms with Crippen molar-refractivity contribution in [2.45, 2.75) is 6.92 Å². The topological polar surface area (TPSA) is 50.7 Å². The highest BCUT2D eigenvalue weighted by molar-refractivity contribution is 6.33. The summed E-state index contributed by atoms with van der Waals surface area (Å²) in [6, 6.07) is 11.6. The SMILES string of the molecule is Cc1cccc(OCC(=O)N/N=C/c2c(F)cccc2Cl)c1. The van der Waals surface area contributed by atoms with E-state index in [4.69, 9.17) is 16.3 Å². The van der Waals surface area contributed by atoms with Gasteiger partial charge in [-0.05, 0) is 36.8 Å². The van der Waals surface area contributed by atoms with Crippen molar-refractivity contribution in [3.05, 3.63) is 64.4 Å². The largest absolute Gasteiger partial charge is 0.484 e. The Hall–Kier alpha value is -2.40. The molecule has 2 aromatic carbocycles. The number of rotatable bonds is 5. The minimum absolute atomic E-state index is 0.115. The lowest BCUT2D eigenvalue weighted by atomic mass is 10.2. The number of hydrazone groups is 1. The molecule has 0 spiro atoms. The van der Waals surface area contributed by atoms with Gasteiger partial charge in [0.25, 0.3) is 5.91 Å². The quantitative estimate of drug-likeness (QED) is 0.678. The Bertz CT molecular complexity index is 684. The molecule has 0 aliphatic rings. The van der Waals surface area contributed by atoms with E-state index in [0.29, 0.717) is 5.75 Å². The number of hydrogen-bond donors (Lipinski definition) is 1. The fourth-order valence-corrected chi connectivity index (χ4v) is 1.90. The molecule has 0 aliphatic heterocycles. The molecule has 0 heterocycles. The van der Waals surface area contributed by atoms with Gasteiger partial charge in [-0.3, -0.25) is 4.79 Å². The fraction of sp³-hybridized carbons (Fsp3) is 0.125. The molecule has 0 saturated carbocycles. The van der Waals surface area contributed by atoms with Crippen molar-refractivity contribution in [2.24, 2.45) is 5.10 Å². The minimum Gasteiger partial charge on any atom is -0.484 e. The van der Waals surface area contributed by atoms with Crippen LogP contribution in [0.25, 0.3) is 0 Å². The van der Waals surface area contributed by atoms with Gasteiger partial charge in [-0.1, -0.05) is 29.8 Å². The summed E-state index contributed by atoms with van der Waals surface area (Å²) in [5, 5.41) is 3.88. The van der Waals surface area contributed by atoms with E-state index < -0.39 is 11.7 Å². The Morgan fingerprint density at radius 2 is 2.14 bits per heavy atom. The van der Waals surface area contributed by atoms with Gasteiger partial charge in [0.2, 0.25) is 0 Å². The van der Waals surface area contributed by atoms with Crippen molar-refractivity contribution in [3.63, 3.8) is 0 Å². The van der Waals surface area contributed by atoms with Crippen LogP contribution in [0.1, 0.15) is 11.1 Å². The molecule has 0 fully saturated rings. The highest BCUT2D eigenvalue weighted by atomic mass is 35.5. The number of halogens is 2. The van der Waals surface area contributed by atoms with Crippen LogP contribution in [-0.4, -0.2) is 18.7 Å². The number of ether oxygens (including phenoxy) is 1. The van der Waals surface area contributed by atoms with E-state index in [0.717, 1.165) is 11.8 Å². The molecule has 0 aliphatic carbocycles. The van der Waals surface area contributed by atoms with E-state index in [1.165, 1.54) is 18.2 Å². The van der Waals surface area contributed by atoms with Crippen LogP contribution in [0.15, 0.2) is 47.6 Å². The first-order chi connectivity index (χ1) is 10.6. The summed E-state index contributed by atoms with van der Waals surface area (Å²) in [7, 11) is 0. The molecule has 1 amide bonds. The smallest absolute Gasteiger partial charge is 0.277 e. The number of nitrogens with one attached hydrogen (secondary N) is 1. The molecule has 22 heavy (non-hydrogen) atoms. The highest BCUT2D eigenvalue weighted by Gasteiger charge is 2.05. The molecule has 1 N–H and O–H groups in total. The van der Waals surface area contributed by atoms with Crippen LogP contribution >= 0.6 is 11.6 Å². The van der Waals surface area contributed by atoms with Gasteiger partial charge in [-0.25, -0.2) is 9.82 Å². The molecule has 2 aromatic rings. The molecular weight excluding hydrogens is 307 g/mol. The number of carbonyl (C=O) groups is 1. The summed E-state index contributed by atoms with van der Waals surface area (Å²) in [4.78, 5) is 11.6.